The minimum atomic E-state index is -0.430. The van der Waals surface area contributed by atoms with Crippen LogP contribution < -0.4 is 11.1 Å². The Morgan fingerprint density at radius 2 is 1.65 bits per heavy atom. The number of urea groups is 1. The number of carbonyl (C=O) groups excluding carboxylic acids is 2. The largest absolute Gasteiger partial charge is 0.338 e. The topological polar surface area (TPSA) is 78.7 Å². The van der Waals surface area contributed by atoms with E-state index in [1.807, 2.05) is 20.8 Å². The molecular weight excluding hydrogens is 280 g/mol. The van der Waals surface area contributed by atoms with Crippen molar-refractivity contribution in [2.24, 2.45) is 11.7 Å². The van der Waals surface area contributed by atoms with Crippen molar-refractivity contribution >= 4 is 24.3 Å². The van der Waals surface area contributed by atoms with Crippen molar-refractivity contribution in [2.75, 3.05) is 32.7 Å². The predicted molar refractivity (Wildman–Crippen MR) is 81.9 cm³/mol. The van der Waals surface area contributed by atoms with Gasteiger partial charge in [-0.1, -0.05) is 20.3 Å². The molecule has 0 aliphatic carbocycles. The molecule has 1 aliphatic rings. The molecule has 6 nitrogen and oxygen atoms in total. The van der Waals surface area contributed by atoms with Crippen LogP contribution in [0.15, 0.2) is 0 Å². The normalized spacial score (nSPS) is 18.0. The summed E-state index contributed by atoms with van der Waals surface area (Å²) in [4.78, 5) is 27.3. The maximum atomic E-state index is 12.2. The molecule has 20 heavy (non-hydrogen) atoms. The van der Waals surface area contributed by atoms with E-state index in [0.717, 1.165) is 6.42 Å². The molecule has 2 atom stereocenters. The van der Waals surface area contributed by atoms with Crippen LogP contribution in [0.2, 0.25) is 0 Å². The molecule has 0 aromatic heterocycles. The van der Waals surface area contributed by atoms with Crippen LogP contribution in [0.3, 0.4) is 0 Å². The quantitative estimate of drug-likeness (QED) is 0.800. The van der Waals surface area contributed by atoms with Crippen molar-refractivity contribution in [3.05, 3.63) is 0 Å². The van der Waals surface area contributed by atoms with Crippen molar-refractivity contribution < 1.29 is 9.59 Å². The third kappa shape index (κ3) is 4.83. The fourth-order valence-electron chi connectivity index (χ4n) is 2.10. The van der Waals surface area contributed by atoms with Gasteiger partial charge in [0.05, 0.1) is 6.04 Å². The van der Waals surface area contributed by atoms with Gasteiger partial charge in [-0.05, 0) is 12.8 Å². The highest BCUT2D eigenvalue weighted by atomic mass is 35.5. The van der Waals surface area contributed by atoms with E-state index in [4.69, 9.17) is 5.73 Å². The van der Waals surface area contributed by atoms with E-state index in [1.165, 1.54) is 0 Å². The van der Waals surface area contributed by atoms with Crippen LogP contribution in [-0.4, -0.2) is 60.5 Å². The van der Waals surface area contributed by atoms with E-state index in [0.29, 0.717) is 32.7 Å². The first-order valence-electron chi connectivity index (χ1n) is 7.08. The van der Waals surface area contributed by atoms with Gasteiger partial charge in [-0.2, -0.15) is 0 Å². The Bertz CT molecular complexity index is 319. The monoisotopic (exact) mass is 306 g/mol. The van der Waals surface area contributed by atoms with Gasteiger partial charge in [0.2, 0.25) is 5.91 Å². The Kier molecular flexibility index (Phi) is 8.57. The maximum Gasteiger partial charge on any atom is 0.317 e. The summed E-state index contributed by atoms with van der Waals surface area (Å²) in [5.74, 6) is 0.193. The minimum absolute atomic E-state index is 0. The SMILES string of the molecule is CCNC(=O)N1CCN(C(=O)C(N)C(C)CC)CC1.Cl. The molecule has 0 aromatic carbocycles. The van der Waals surface area contributed by atoms with Crippen LogP contribution in [0.4, 0.5) is 4.79 Å². The van der Waals surface area contributed by atoms with Crippen molar-refractivity contribution in [3.63, 3.8) is 0 Å². The first-order valence-corrected chi connectivity index (χ1v) is 7.08. The van der Waals surface area contributed by atoms with Crippen molar-refractivity contribution in [3.8, 4) is 0 Å². The summed E-state index contributed by atoms with van der Waals surface area (Å²) in [6.45, 7) is 8.83. The summed E-state index contributed by atoms with van der Waals surface area (Å²) in [6, 6.07) is -0.484. The summed E-state index contributed by atoms with van der Waals surface area (Å²) in [7, 11) is 0. The minimum Gasteiger partial charge on any atom is -0.338 e. The molecule has 118 valence electrons. The van der Waals surface area contributed by atoms with Gasteiger partial charge in [-0.15, -0.1) is 12.4 Å². The van der Waals surface area contributed by atoms with E-state index >= 15 is 0 Å². The lowest BCUT2D eigenvalue weighted by molar-refractivity contribution is -0.135. The summed E-state index contributed by atoms with van der Waals surface area (Å²) >= 11 is 0. The number of hydrogen-bond donors (Lipinski definition) is 2. The number of halogens is 1. The first kappa shape index (κ1) is 19.0. The summed E-state index contributed by atoms with van der Waals surface area (Å²) in [6.07, 6.45) is 0.895. The highest BCUT2D eigenvalue weighted by molar-refractivity contribution is 5.85. The fourth-order valence-corrected chi connectivity index (χ4v) is 2.10. The molecule has 7 heteroatoms. The Morgan fingerprint density at radius 3 is 2.10 bits per heavy atom. The molecule has 0 bridgehead atoms. The Morgan fingerprint density at radius 1 is 1.15 bits per heavy atom. The molecule has 0 radical (unpaired) electrons. The first-order chi connectivity index (χ1) is 9.01. The van der Waals surface area contributed by atoms with Gasteiger partial charge in [-0.3, -0.25) is 4.79 Å². The Balaban J connectivity index is 0.00000361. The van der Waals surface area contributed by atoms with E-state index < -0.39 is 6.04 Å². The lowest BCUT2D eigenvalue weighted by atomic mass is 9.98. The third-order valence-corrected chi connectivity index (χ3v) is 3.75. The average molecular weight is 307 g/mol. The van der Waals surface area contributed by atoms with Gasteiger partial charge in [0.25, 0.3) is 0 Å². The third-order valence-electron chi connectivity index (χ3n) is 3.75. The molecule has 0 saturated carbocycles. The van der Waals surface area contributed by atoms with Crippen LogP contribution in [0.25, 0.3) is 0 Å². The molecule has 0 spiro atoms. The van der Waals surface area contributed by atoms with E-state index in [2.05, 4.69) is 5.32 Å². The molecule has 1 aliphatic heterocycles. The number of nitrogens with two attached hydrogens (primary N) is 1. The van der Waals surface area contributed by atoms with Crippen LogP contribution in [0, 0.1) is 5.92 Å². The number of amides is 3. The highest BCUT2D eigenvalue weighted by Crippen LogP contribution is 2.10. The maximum absolute atomic E-state index is 12.2. The van der Waals surface area contributed by atoms with Crippen LogP contribution in [0.5, 0.6) is 0 Å². The standard InChI is InChI=1S/C13H26N4O2.ClH/c1-4-10(3)11(14)12(18)16-6-8-17(9-7-16)13(19)15-5-2;/h10-11H,4-9,14H2,1-3H3,(H,15,19);1H. The molecule has 3 N–H and O–H groups in total. The fraction of sp³-hybridized carbons (Fsp3) is 0.846. The van der Waals surface area contributed by atoms with Crippen LogP contribution >= 0.6 is 12.4 Å². The van der Waals surface area contributed by atoms with Gasteiger partial charge in [0.1, 0.15) is 0 Å². The average Bonchev–Trinajstić information content (AvgIpc) is 2.45. The van der Waals surface area contributed by atoms with Crippen LogP contribution in [0.1, 0.15) is 27.2 Å². The molecule has 1 fully saturated rings. The predicted octanol–water partition coefficient (Wildman–Crippen LogP) is 0.655. The molecule has 3 amide bonds. The van der Waals surface area contributed by atoms with E-state index in [9.17, 15) is 9.59 Å². The van der Waals surface area contributed by atoms with E-state index in [1.54, 1.807) is 9.80 Å². The van der Waals surface area contributed by atoms with Gasteiger partial charge < -0.3 is 20.9 Å². The zero-order chi connectivity index (χ0) is 14.4. The van der Waals surface area contributed by atoms with Gasteiger partial charge in [-0.25, -0.2) is 4.79 Å². The Hall–Kier alpha value is -1.01. The van der Waals surface area contributed by atoms with Crippen molar-refractivity contribution in [1.29, 1.82) is 0 Å². The molecule has 2 unspecified atom stereocenters. The Labute approximate surface area is 127 Å². The van der Waals surface area contributed by atoms with Crippen molar-refractivity contribution in [1.82, 2.24) is 15.1 Å². The molecule has 1 heterocycles. The zero-order valence-corrected chi connectivity index (χ0v) is 13.4. The second kappa shape index (κ2) is 9.02. The summed E-state index contributed by atoms with van der Waals surface area (Å²) in [5.41, 5.74) is 5.96. The number of nitrogens with one attached hydrogen (secondary N) is 1. The molecular formula is C13H27ClN4O2. The molecule has 1 saturated heterocycles. The number of hydrogen-bond acceptors (Lipinski definition) is 3. The van der Waals surface area contributed by atoms with E-state index in [-0.39, 0.29) is 30.3 Å². The summed E-state index contributed by atoms with van der Waals surface area (Å²) in [5, 5.41) is 2.77. The number of carbonyl (C=O) groups is 2. The van der Waals surface area contributed by atoms with Crippen molar-refractivity contribution in [2.45, 2.75) is 33.2 Å². The zero-order valence-electron chi connectivity index (χ0n) is 12.6. The number of nitrogens with zero attached hydrogens (tertiary/aromatic N) is 2. The smallest absolute Gasteiger partial charge is 0.317 e. The molecule has 1 rings (SSSR count). The van der Waals surface area contributed by atoms with Gasteiger partial charge in [0, 0.05) is 32.7 Å². The second-order valence-electron chi connectivity index (χ2n) is 5.06. The lowest BCUT2D eigenvalue weighted by Gasteiger charge is -2.36. The second-order valence-corrected chi connectivity index (χ2v) is 5.06. The van der Waals surface area contributed by atoms with Gasteiger partial charge >= 0.3 is 6.03 Å². The number of rotatable bonds is 4. The highest BCUT2D eigenvalue weighted by Gasteiger charge is 2.28. The summed E-state index contributed by atoms with van der Waals surface area (Å²) < 4.78 is 0. The molecule has 0 aromatic rings. The van der Waals surface area contributed by atoms with Gasteiger partial charge in [0.15, 0.2) is 0 Å². The van der Waals surface area contributed by atoms with Crippen LogP contribution in [-0.2, 0) is 4.79 Å². The number of piperazine rings is 1. The lowest BCUT2D eigenvalue weighted by Crippen LogP contribution is -2.56.